The van der Waals surface area contributed by atoms with Crippen LogP contribution in [0.15, 0.2) is 53.1 Å². The second kappa shape index (κ2) is 7.34. The molecule has 0 saturated heterocycles. The molecule has 0 aliphatic rings. The summed E-state index contributed by atoms with van der Waals surface area (Å²) in [6.07, 6.45) is 1.12. The largest absolute Gasteiger partial charge is 0.468 e. The van der Waals surface area contributed by atoms with Crippen LogP contribution in [0, 0.1) is 0 Å². The van der Waals surface area contributed by atoms with Crippen molar-refractivity contribution in [1.82, 2.24) is 10.6 Å². The fourth-order valence-electron chi connectivity index (χ4n) is 1.74. The van der Waals surface area contributed by atoms with Crippen molar-refractivity contribution >= 4 is 34.8 Å². The molecule has 0 fully saturated rings. The van der Waals surface area contributed by atoms with E-state index in [1.165, 1.54) is 0 Å². The summed E-state index contributed by atoms with van der Waals surface area (Å²) in [5.74, 6) is 0.783. The number of furan rings is 1. The lowest BCUT2D eigenvalue weighted by Crippen LogP contribution is -2.50. The molecule has 1 heterocycles. The average Bonchev–Trinajstić information content (AvgIpc) is 2.91. The molecule has 1 unspecified atom stereocenters. The molecule has 0 saturated carbocycles. The molecular weight excluding hydrogens is 319 g/mol. The van der Waals surface area contributed by atoms with E-state index in [1.807, 2.05) is 42.5 Å². The van der Waals surface area contributed by atoms with Crippen molar-refractivity contribution < 1.29 is 4.42 Å². The zero-order chi connectivity index (χ0) is 14.4. The van der Waals surface area contributed by atoms with Gasteiger partial charge in [-0.15, -0.1) is 0 Å². The van der Waals surface area contributed by atoms with E-state index in [0.29, 0.717) is 13.1 Å². The van der Waals surface area contributed by atoms with Gasteiger partial charge in [-0.05, 0) is 17.7 Å². The van der Waals surface area contributed by atoms with E-state index < -0.39 is 9.96 Å². The SMILES string of the molecule is ClC(Cl)(Cl)C(NCc1ccccc1)NCc1ccco1. The summed E-state index contributed by atoms with van der Waals surface area (Å²) in [6.45, 7) is 1.08. The van der Waals surface area contributed by atoms with Gasteiger partial charge in [-0.1, -0.05) is 65.1 Å². The zero-order valence-electron chi connectivity index (χ0n) is 10.7. The van der Waals surface area contributed by atoms with Crippen LogP contribution in [0.5, 0.6) is 0 Å². The summed E-state index contributed by atoms with van der Waals surface area (Å²) in [5, 5.41) is 6.32. The van der Waals surface area contributed by atoms with Gasteiger partial charge in [0.2, 0.25) is 3.79 Å². The molecule has 0 spiro atoms. The highest BCUT2D eigenvalue weighted by molar-refractivity contribution is 6.68. The molecule has 1 aromatic carbocycles. The molecule has 1 atom stereocenters. The summed E-state index contributed by atoms with van der Waals surface area (Å²) in [5.41, 5.74) is 1.12. The Morgan fingerprint density at radius 2 is 1.65 bits per heavy atom. The van der Waals surface area contributed by atoms with Gasteiger partial charge in [0.05, 0.1) is 12.8 Å². The summed E-state index contributed by atoms with van der Waals surface area (Å²) in [7, 11) is 0. The van der Waals surface area contributed by atoms with Crippen molar-refractivity contribution in [1.29, 1.82) is 0 Å². The van der Waals surface area contributed by atoms with Crippen molar-refractivity contribution in [3.63, 3.8) is 0 Å². The summed E-state index contributed by atoms with van der Waals surface area (Å²) in [6, 6.07) is 13.6. The Kier molecular flexibility index (Phi) is 5.75. The Morgan fingerprint density at radius 3 is 2.25 bits per heavy atom. The third kappa shape index (κ3) is 5.00. The van der Waals surface area contributed by atoms with Crippen molar-refractivity contribution in [2.75, 3.05) is 0 Å². The Morgan fingerprint density at radius 1 is 0.950 bits per heavy atom. The van der Waals surface area contributed by atoms with Gasteiger partial charge in [-0.2, -0.15) is 0 Å². The van der Waals surface area contributed by atoms with E-state index >= 15 is 0 Å². The maximum atomic E-state index is 5.98. The first kappa shape index (κ1) is 15.7. The van der Waals surface area contributed by atoms with Gasteiger partial charge in [-0.25, -0.2) is 0 Å². The van der Waals surface area contributed by atoms with E-state index in [-0.39, 0.29) is 0 Å². The first-order valence-electron chi connectivity index (χ1n) is 6.15. The van der Waals surface area contributed by atoms with E-state index in [1.54, 1.807) is 6.26 Å². The number of benzene rings is 1. The minimum Gasteiger partial charge on any atom is -0.468 e. The van der Waals surface area contributed by atoms with Crippen molar-refractivity contribution in [3.05, 3.63) is 60.1 Å². The van der Waals surface area contributed by atoms with Gasteiger partial charge in [0.15, 0.2) is 0 Å². The second-order valence-electron chi connectivity index (χ2n) is 4.30. The molecule has 20 heavy (non-hydrogen) atoms. The van der Waals surface area contributed by atoms with E-state index in [2.05, 4.69) is 10.6 Å². The van der Waals surface area contributed by atoms with Crippen LogP contribution < -0.4 is 10.6 Å². The highest BCUT2D eigenvalue weighted by Crippen LogP contribution is 2.29. The number of nitrogens with one attached hydrogen (secondary N) is 2. The van der Waals surface area contributed by atoms with E-state index in [9.17, 15) is 0 Å². The topological polar surface area (TPSA) is 37.2 Å². The van der Waals surface area contributed by atoms with Crippen molar-refractivity contribution in [2.45, 2.75) is 23.0 Å². The van der Waals surface area contributed by atoms with Gasteiger partial charge in [0, 0.05) is 6.54 Å². The van der Waals surface area contributed by atoms with Crippen LogP contribution in [0.1, 0.15) is 11.3 Å². The molecule has 0 aliphatic carbocycles. The lowest BCUT2D eigenvalue weighted by Gasteiger charge is -2.26. The van der Waals surface area contributed by atoms with Crippen molar-refractivity contribution in [2.24, 2.45) is 0 Å². The molecular formula is C14H15Cl3N2O. The van der Waals surface area contributed by atoms with Crippen LogP contribution in [0.4, 0.5) is 0 Å². The number of alkyl halides is 3. The summed E-state index contributed by atoms with van der Waals surface area (Å²) in [4.78, 5) is 0. The molecule has 108 valence electrons. The minimum atomic E-state index is -1.46. The quantitative estimate of drug-likeness (QED) is 0.623. The molecule has 2 aromatic rings. The summed E-state index contributed by atoms with van der Waals surface area (Å²) < 4.78 is 3.78. The molecule has 6 heteroatoms. The predicted octanol–water partition coefficient (Wildman–Crippen LogP) is 3.86. The van der Waals surface area contributed by atoms with Gasteiger partial charge < -0.3 is 4.42 Å². The first-order chi connectivity index (χ1) is 9.55. The normalized spacial score (nSPS) is 13.3. The smallest absolute Gasteiger partial charge is 0.218 e. The average molecular weight is 334 g/mol. The second-order valence-corrected chi connectivity index (χ2v) is 6.67. The fourth-order valence-corrected chi connectivity index (χ4v) is 2.20. The Bertz CT molecular complexity index is 497. The van der Waals surface area contributed by atoms with Gasteiger partial charge in [-0.3, -0.25) is 10.6 Å². The third-order valence-corrected chi connectivity index (χ3v) is 3.40. The van der Waals surface area contributed by atoms with Gasteiger partial charge in [0.1, 0.15) is 11.9 Å². The Balaban J connectivity index is 1.90. The molecule has 1 aromatic heterocycles. The molecule has 2 rings (SSSR count). The first-order valence-corrected chi connectivity index (χ1v) is 7.29. The van der Waals surface area contributed by atoms with E-state index in [4.69, 9.17) is 39.2 Å². The van der Waals surface area contributed by atoms with Crippen LogP contribution in [0.3, 0.4) is 0 Å². The van der Waals surface area contributed by atoms with Crippen molar-refractivity contribution in [3.8, 4) is 0 Å². The number of hydrogen-bond acceptors (Lipinski definition) is 3. The molecule has 0 radical (unpaired) electrons. The highest BCUT2D eigenvalue weighted by atomic mass is 35.6. The lowest BCUT2D eigenvalue weighted by molar-refractivity contribution is 0.395. The van der Waals surface area contributed by atoms with Crippen LogP contribution in [-0.2, 0) is 13.1 Å². The van der Waals surface area contributed by atoms with Crippen LogP contribution in [0.25, 0.3) is 0 Å². The number of rotatable bonds is 6. The lowest BCUT2D eigenvalue weighted by atomic mass is 10.2. The molecule has 0 amide bonds. The predicted molar refractivity (Wildman–Crippen MR) is 82.9 cm³/mol. The molecule has 0 bridgehead atoms. The maximum Gasteiger partial charge on any atom is 0.218 e. The molecule has 3 nitrogen and oxygen atoms in total. The Hall–Kier alpha value is -0.710. The standard InChI is InChI=1S/C14H15Cl3N2O/c15-14(16,17)13(19-10-12-7-4-8-20-12)18-9-11-5-2-1-3-6-11/h1-8,13,18-19H,9-10H2. The summed E-state index contributed by atoms with van der Waals surface area (Å²) >= 11 is 17.9. The van der Waals surface area contributed by atoms with E-state index in [0.717, 1.165) is 11.3 Å². The van der Waals surface area contributed by atoms with Crippen LogP contribution in [-0.4, -0.2) is 9.96 Å². The Labute approximate surface area is 133 Å². The van der Waals surface area contributed by atoms with Gasteiger partial charge in [0.25, 0.3) is 0 Å². The van der Waals surface area contributed by atoms with Crippen LogP contribution >= 0.6 is 34.8 Å². The molecule has 0 aliphatic heterocycles. The zero-order valence-corrected chi connectivity index (χ0v) is 12.9. The highest BCUT2D eigenvalue weighted by Gasteiger charge is 2.31. The molecule has 2 N–H and O–H groups in total. The fraction of sp³-hybridized carbons (Fsp3) is 0.286. The minimum absolute atomic E-state index is 0.480. The maximum absolute atomic E-state index is 5.98. The van der Waals surface area contributed by atoms with Gasteiger partial charge >= 0.3 is 0 Å². The van der Waals surface area contributed by atoms with Crippen LogP contribution in [0.2, 0.25) is 0 Å². The monoisotopic (exact) mass is 332 g/mol. The third-order valence-electron chi connectivity index (χ3n) is 2.74. The number of hydrogen-bond donors (Lipinski definition) is 2. The number of halogens is 3.